The summed E-state index contributed by atoms with van der Waals surface area (Å²) in [4.78, 5) is 23.3. The molecule has 0 aliphatic rings. The van der Waals surface area contributed by atoms with Crippen LogP contribution in [0.5, 0.6) is 5.75 Å². The van der Waals surface area contributed by atoms with Gasteiger partial charge in [0.1, 0.15) is 5.75 Å². The van der Waals surface area contributed by atoms with Crippen LogP contribution in [0.4, 0.5) is 5.69 Å². The zero-order chi connectivity index (χ0) is 16.7. The second-order valence-electron chi connectivity index (χ2n) is 4.77. The summed E-state index contributed by atoms with van der Waals surface area (Å²) in [5.74, 6) is -0.439. The maximum absolute atomic E-state index is 11.7. The molecule has 0 bridgehead atoms. The van der Waals surface area contributed by atoms with Gasteiger partial charge in [-0.25, -0.2) is 4.79 Å². The average molecular weight is 334 g/mol. The van der Waals surface area contributed by atoms with E-state index in [0.29, 0.717) is 16.5 Å². The Morgan fingerprint density at radius 2 is 1.74 bits per heavy atom. The predicted molar refractivity (Wildman–Crippen MR) is 87.7 cm³/mol. The lowest BCUT2D eigenvalue weighted by Gasteiger charge is -2.09. The van der Waals surface area contributed by atoms with Crippen molar-refractivity contribution in [3.05, 3.63) is 59.1 Å². The van der Waals surface area contributed by atoms with Crippen LogP contribution in [-0.4, -0.2) is 25.1 Å². The van der Waals surface area contributed by atoms with Gasteiger partial charge in [-0.05, 0) is 42.8 Å². The van der Waals surface area contributed by atoms with Gasteiger partial charge in [0.25, 0.3) is 5.91 Å². The molecule has 1 N–H and O–H groups in total. The van der Waals surface area contributed by atoms with E-state index in [4.69, 9.17) is 21.1 Å². The number of rotatable bonds is 6. The van der Waals surface area contributed by atoms with E-state index < -0.39 is 11.9 Å². The number of para-hydroxylation sites is 1. The first kappa shape index (κ1) is 16.8. The monoisotopic (exact) mass is 333 g/mol. The molecule has 120 valence electrons. The number of benzene rings is 2. The average Bonchev–Trinajstić information content (AvgIpc) is 2.54. The van der Waals surface area contributed by atoms with Crippen LogP contribution in [0.3, 0.4) is 0 Å². The molecule has 2 aromatic rings. The summed E-state index contributed by atoms with van der Waals surface area (Å²) in [6.07, 6.45) is 0. The summed E-state index contributed by atoms with van der Waals surface area (Å²) in [6, 6.07) is 13.9. The molecule has 2 rings (SSSR count). The molecule has 23 heavy (non-hydrogen) atoms. The number of carbonyl (C=O) groups is 2. The highest BCUT2D eigenvalue weighted by Crippen LogP contribution is 2.16. The molecule has 6 heteroatoms. The Labute approximate surface area is 139 Å². The fourth-order valence-corrected chi connectivity index (χ4v) is 1.90. The summed E-state index contributed by atoms with van der Waals surface area (Å²) in [7, 11) is 0. The second-order valence-corrected chi connectivity index (χ2v) is 5.21. The number of esters is 1. The Balaban J connectivity index is 1.72. The van der Waals surface area contributed by atoms with E-state index in [2.05, 4.69) is 5.32 Å². The van der Waals surface area contributed by atoms with Gasteiger partial charge < -0.3 is 14.8 Å². The van der Waals surface area contributed by atoms with Gasteiger partial charge in [0, 0.05) is 10.7 Å². The first-order valence-corrected chi connectivity index (χ1v) is 7.32. The number of carbonyl (C=O) groups excluding carboxylic acids is 2. The van der Waals surface area contributed by atoms with E-state index in [9.17, 15) is 9.59 Å². The zero-order valence-electron chi connectivity index (χ0n) is 12.5. The SMILES string of the molecule is Cc1ccccc1OCC(=O)OCC(=O)Nc1ccc(Cl)cc1. The molecule has 0 unspecified atom stereocenters. The quantitative estimate of drug-likeness (QED) is 0.824. The molecule has 0 spiro atoms. The van der Waals surface area contributed by atoms with E-state index in [-0.39, 0.29) is 13.2 Å². The molecular weight excluding hydrogens is 318 g/mol. The van der Waals surface area contributed by atoms with Gasteiger partial charge in [-0.3, -0.25) is 4.79 Å². The van der Waals surface area contributed by atoms with Crippen LogP contribution in [0.2, 0.25) is 5.02 Å². The van der Waals surface area contributed by atoms with Crippen LogP contribution in [0.15, 0.2) is 48.5 Å². The molecule has 0 fully saturated rings. The number of anilines is 1. The molecular formula is C17H16ClNO4. The van der Waals surface area contributed by atoms with Gasteiger partial charge in [-0.2, -0.15) is 0 Å². The fourth-order valence-electron chi connectivity index (χ4n) is 1.77. The number of aryl methyl sites for hydroxylation is 1. The van der Waals surface area contributed by atoms with Crippen LogP contribution in [0, 0.1) is 6.92 Å². The minimum absolute atomic E-state index is 0.251. The standard InChI is InChI=1S/C17H16ClNO4/c1-12-4-2-3-5-15(12)22-11-17(21)23-10-16(20)19-14-8-6-13(18)7-9-14/h2-9H,10-11H2,1H3,(H,19,20). The van der Waals surface area contributed by atoms with Gasteiger partial charge >= 0.3 is 5.97 Å². The van der Waals surface area contributed by atoms with E-state index in [1.54, 1.807) is 30.3 Å². The molecule has 5 nitrogen and oxygen atoms in total. The van der Waals surface area contributed by atoms with Gasteiger partial charge in [-0.15, -0.1) is 0 Å². The maximum atomic E-state index is 11.7. The predicted octanol–water partition coefficient (Wildman–Crippen LogP) is 3.21. The Morgan fingerprint density at radius 1 is 1.04 bits per heavy atom. The third-order valence-corrected chi connectivity index (χ3v) is 3.18. The minimum atomic E-state index is -0.612. The Hall–Kier alpha value is -2.53. The van der Waals surface area contributed by atoms with Gasteiger partial charge in [-0.1, -0.05) is 29.8 Å². The first-order chi connectivity index (χ1) is 11.0. The summed E-state index contributed by atoms with van der Waals surface area (Å²) in [6.45, 7) is 1.25. The Bertz CT molecular complexity index is 685. The molecule has 0 aromatic heterocycles. The lowest BCUT2D eigenvalue weighted by atomic mass is 10.2. The van der Waals surface area contributed by atoms with Gasteiger partial charge in [0.15, 0.2) is 13.2 Å². The number of halogens is 1. The van der Waals surface area contributed by atoms with Crippen molar-refractivity contribution in [2.75, 3.05) is 18.5 Å². The number of hydrogen-bond donors (Lipinski definition) is 1. The van der Waals surface area contributed by atoms with E-state index >= 15 is 0 Å². The molecule has 0 saturated carbocycles. The van der Waals surface area contributed by atoms with Crippen LogP contribution in [-0.2, 0) is 14.3 Å². The number of nitrogens with one attached hydrogen (secondary N) is 1. The Kier molecular flexibility index (Phi) is 6.00. The lowest BCUT2D eigenvalue weighted by Crippen LogP contribution is -2.23. The fraction of sp³-hybridized carbons (Fsp3) is 0.176. The normalized spacial score (nSPS) is 10.0. The van der Waals surface area contributed by atoms with Crippen LogP contribution in [0.1, 0.15) is 5.56 Å². The Morgan fingerprint density at radius 3 is 2.43 bits per heavy atom. The van der Waals surface area contributed by atoms with E-state index in [1.807, 2.05) is 25.1 Å². The summed E-state index contributed by atoms with van der Waals surface area (Å²) >= 11 is 5.75. The van der Waals surface area contributed by atoms with Crippen molar-refractivity contribution in [1.82, 2.24) is 0 Å². The van der Waals surface area contributed by atoms with Gasteiger partial charge in [0.05, 0.1) is 0 Å². The van der Waals surface area contributed by atoms with Crippen LogP contribution < -0.4 is 10.1 Å². The summed E-state index contributed by atoms with van der Waals surface area (Å²) < 4.78 is 10.2. The molecule has 0 atom stereocenters. The second kappa shape index (κ2) is 8.19. The third kappa shape index (κ3) is 5.64. The maximum Gasteiger partial charge on any atom is 0.344 e. The summed E-state index contributed by atoms with van der Waals surface area (Å²) in [5.41, 5.74) is 1.49. The summed E-state index contributed by atoms with van der Waals surface area (Å²) in [5, 5.41) is 3.16. The lowest BCUT2D eigenvalue weighted by molar-refractivity contribution is -0.149. The van der Waals surface area contributed by atoms with Crippen molar-refractivity contribution in [3.63, 3.8) is 0 Å². The third-order valence-electron chi connectivity index (χ3n) is 2.93. The smallest absolute Gasteiger partial charge is 0.344 e. The number of hydrogen-bond acceptors (Lipinski definition) is 4. The highest BCUT2D eigenvalue weighted by molar-refractivity contribution is 6.30. The highest BCUT2D eigenvalue weighted by atomic mass is 35.5. The molecule has 0 saturated heterocycles. The van der Waals surface area contributed by atoms with Crippen molar-refractivity contribution in [1.29, 1.82) is 0 Å². The van der Waals surface area contributed by atoms with Crippen molar-refractivity contribution < 1.29 is 19.1 Å². The zero-order valence-corrected chi connectivity index (χ0v) is 13.3. The first-order valence-electron chi connectivity index (χ1n) is 6.94. The molecule has 0 aliphatic heterocycles. The van der Waals surface area contributed by atoms with Crippen molar-refractivity contribution in [2.45, 2.75) is 6.92 Å². The van der Waals surface area contributed by atoms with Crippen LogP contribution in [0.25, 0.3) is 0 Å². The molecule has 0 aliphatic carbocycles. The van der Waals surface area contributed by atoms with Gasteiger partial charge in [0.2, 0.25) is 0 Å². The number of ether oxygens (including phenoxy) is 2. The molecule has 1 amide bonds. The molecule has 2 aromatic carbocycles. The van der Waals surface area contributed by atoms with Crippen molar-refractivity contribution >= 4 is 29.2 Å². The van der Waals surface area contributed by atoms with E-state index in [0.717, 1.165) is 5.56 Å². The van der Waals surface area contributed by atoms with E-state index in [1.165, 1.54) is 0 Å². The topological polar surface area (TPSA) is 64.6 Å². The number of amides is 1. The van der Waals surface area contributed by atoms with Crippen LogP contribution >= 0.6 is 11.6 Å². The molecule has 0 radical (unpaired) electrons. The largest absolute Gasteiger partial charge is 0.482 e. The van der Waals surface area contributed by atoms with Crippen molar-refractivity contribution in [2.24, 2.45) is 0 Å². The minimum Gasteiger partial charge on any atom is -0.482 e. The van der Waals surface area contributed by atoms with Crippen molar-refractivity contribution in [3.8, 4) is 5.75 Å². The highest BCUT2D eigenvalue weighted by Gasteiger charge is 2.09. The molecule has 0 heterocycles.